The van der Waals surface area contributed by atoms with Gasteiger partial charge in [0, 0.05) is 27.6 Å². The van der Waals surface area contributed by atoms with Crippen LogP contribution < -0.4 is 0 Å². The molecule has 2 aromatic heterocycles. The molecule has 2 heteroatoms. The highest BCUT2D eigenvalue weighted by molar-refractivity contribution is 6.25. The first-order chi connectivity index (χ1) is 32.3. The molecule has 0 N–H and O–H groups in total. The number of pyridine rings is 1. The summed E-state index contributed by atoms with van der Waals surface area (Å²) in [5.74, 6) is 0.363. The molecule has 2 aliphatic rings. The highest BCUT2D eigenvalue weighted by Gasteiger charge is 2.24. The summed E-state index contributed by atoms with van der Waals surface area (Å²) in [7, 11) is 0. The van der Waals surface area contributed by atoms with Crippen LogP contribution in [0.2, 0.25) is 0 Å². The van der Waals surface area contributed by atoms with Crippen molar-refractivity contribution in [2.75, 3.05) is 0 Å². The molecule has 2 heterocycles. The maximum absolute atomic E-state index is 5.49. The predicted molar refractivity (Wildman–Crippen MR) is 288 cm³/mol. The Morgan fingerprint density at radius 3 is 2.00 bits per heavy atom. The maximum atomic E-state index is 5.49. The van der Waals surface area contributed by atoms with Crippen LogP contribution in [0.4, 0.5) is 0 Å². The van der Waals surface area contributed by atoms with Crippen LogP contribution in [-0.2, 0) is 0 Å². The van der Waals surface area contributed by atoms with Crippen LogP contribution >= 0.6 is 0 Å². The molecule has 316 valence electrons. The molecule has 2 aliphatic carbocycles. The summed E-state index contributed by atoms with van der Waals surface area (Å²) < 4.78 is 2.37. The van der Waals surface area contributed by atoms with Gasteiger partial charge in [-0.2, -0.15) is 0 Å². The van der Waals surface area contributed by atoms with Crippen LogP contribution in [0, 0.1) is 19.8 Å². The van der Waals surface area contributed by atoms with Gasteiger partial charge in [0.05, 0.1) is 16.6 Å². The molecule has 2 nitrogen and oxygen atoms in total. The van der Waals surface area contributed by atoms with Crippen LogP contribution in [0.1, 0.15) is 52.3 Å². The van der Waals surface area contributed by atoms with Crippen LogP contribution in [0.15, 0.2) is 206 Å². The van der Waals surface area contributed by atoms with E-state index in [4.69, 9.17) is 4.98 Å². The molecule has 9 aromatic rings. The summed E-state index contributed by atoms with van der Waals surface area (Å²) in [6.45, 7) is 20.0. The molecule has 0 aliphatic heterocycles. The Labute approximate surface area is 387 Å². The fourth-order valence-corrected chi connectivity index (χ4v) is 10.6. The smallest absolute Gasteiger partial charge is 0.146 e. The molecule has 0 saturated heterocycles. The first kappa shape index (κ1) is 40.7. The van der Waals surface area contributed by atoms with Gasteiger partial charge in [-0.25, -0.2) is 4.98 Å². The van der Waals surface area contributed by atoms with Crippen molar-refractivity contribution in [2.24, 2.45) is 5.92 Å². The van der Waals surface area contributed by atoms with Crippen molar-refractivity contribution in [2.45, 2.75) is 27.2 Å². The van der Waals surface area contributed by atoms with E-state index >= 15 is 0 Å². The lowest BCUT2D eigenvalue weighted by atomic mass is 9.77. The minimum absolute atomic E-state index is 0.363. The average Bonchev–Trinajstić information content (AvgIpc) is 3.77. The van der Waals surface area contributed by atoms with E-state index < -0.39 is 0 Å². The Morgan fingerprint density at radius 2 is 1.27 bits per heavy atom. The van der Waals surface area contributed by atoms with E-state index in [1.165, 1.54) is 71.3 Å². The second-order valence-electron chi connectivity index (χ2n) is 17.6. The van der Waals surface area contributed by atoms with E-state index in [0.29, 0.717) is 5.92 Å². The summed E-state index contributed by atoms with van der Waals surface area (Å²) in [6.07, 6.45) is 29.4. The molecule has 0 saturated carbocycles. The fraction of sp³-hybridized carbons (Fsp3) is 0.0781. The minimum Gasteiger partial charge on any atom is -0.291 e. The van der Waals surface area contributed by atoms with Crippen LogP contribution in [0.5, 0.6) is 0 Å². The molecule has 0 amide bonds. The van der Waals surface area contributed by atoms with Crippen molar-refractivity contribution >= 4 is 89.8 Å². The third-order valence-corrected chi connectivity index (χ3v) is 13.9. The quantitative estimate of drug-likeness (QED) is 0.104. The van der Waals surface area contributed by atoms with E-state index in [1.54, 1.807) is 0 Å². The second-order valence-corrected chi connectivity index (χ2v) is 17.6. The highest BCUT2D eigenvalue weighted by Crippen LogP contribution is 2.45. The third kappa shape index (κ3) is 6.60. The summed E-state index contributed by atoms with van der Waals surface area (Å²) in [6, 6.07) is 41.7. The summed E-state index contributed by atoms with van der Waals surface area (Å²) in [5, 5.41) is 8.44. The number of para-hydroxylation sites is 1. The Hall–Kier alpha value is -8.07. The molecule has 11 rings (SSSR count). The van der Waals surface area contributed by atoms with Crippen molar-refractivity contribution in [3.8, 4) is 11.1 Å². The normalized spacial score (nSPS) is 15.0. The van der Waals surface area contributed by atoms with Crippen LogP contribution in [0.25, 0.3) is 101 Å². The Balaban J connectivity index is 1.05. The number of nitrogens with zero attached hydrogens (tertiary/aromatic N) is 2. The van der Waals surface area contributed by atoms with E-state index in [2.05, 4.69) is 233 Å². The molecule has 0 fully saturated rings. The largest absolute Gasteiger partial charge is 0.291 e. The predicted octanol–water partition coefficient (Wildman–Crippen LogP) is 17.4. The van der Waals surface area contributed by atoms with Crippen LogP contribution in [-0.4, -0.2) is 9.38 Å². The maximum Gasteiger partial charge on any atom is 0.146 e. The van der Waals surface area contributed by atoms with Crippen molar-refractivity contribution in [1.29, 1.82) is 0 Å². The highest BCUT2D eigenvalue weighted by atomic mass is 15.0. The average molecular weight is 847 g/mol. The number of allylic oxidation sites excluding steroid dienone is 13. The van der Waals surface area contributed by atoms with Gasteiger partial charge >= 0.3 is 0 Å². The third-order valence-electron chi connectivity index (χ3n) is 13.9. The van der Waals surface area contributed by atoms with Gasteiger partial charge in [-0.15, -0.1) is 0 Å². The number of aromatic nitrogens is 2. The van der Waals surface area contributed by atoms with E-state index in [0.717, 1.165) is 67.4 Å². The van der Waals surface area contributed by atoms with E-state index in [9.17, 15) is 0 Å². The van der Waals surface area contributed by atoms with Crippen molar-refractivity contribution < 1.29 is 0 Å². The first-order valence-electron chi connectivity index (χ1n) is 22.9. The van der Waals surface area contributed by atoms with Crippen LogP contribution in [0.3, 0.4) is 0 Å². The molecule has 1 unspecified atom stereocenters. The number of aryl methyl sites for hydroxylation is 1. The van der Waals surface area contributed by atoms with Gasteiger partial charge in [-0.1, -0.05) is 202 Å². The van der Waals surface area contributed by atoms with Gasteiger partial charge in [0.1, 0.15) is 5.65 Å². The lowest BCUT2D eigenvalue weighted by molar-refractivity contribution is 0.793. The lowest BCUT2D eigenvalue weighted by Gasteiger charge is -2.26. The number of hydrogen-bond acceptors (Lipinski definition) is 1. The zero-order valence-corrected chi connectivity index (χ0v) is 37.8. The lowest BCUT2D eigenvalue weighted by Crippen LogP contribution is -2.08. The number of fused-ring (bicyclic) bond motifs is 12. The first-order valence-corrected chi connectivity index (χ1v) is 22.9. The zero-order valence-electron chi connectivity index (χ0n) is 37.8. The SMILES string of the molecule is C=Cc1cc(-c2c(/C=C\C(=C)C(=C)/C=C\c3c(C)c4ccccc4n4c3nc3c5ccccc5c5ccccc5c34)c(C)c(C3=CC=C4C=CC=CC4C3)c3ccccc23)ccc1/C=C\C. The summed E-state index contributed by atoms with van der Waals surface area (Å²) >= 11 is 0. The number of rotatable bonds is 9. The molecule has 7 aromatic carbocycles. The van der Waals surface area contributed by atoms with Crippen molar-refractivity contribution in [3.63, 3.8) is 0 Å². The Kier molecular flexibility index (Phi) is 10.2. The number of imidazole rings is 1. The Morgan fingerprint density at radius 1 is 0.636 bits per heavy atom. The standard InChI is InChI=1S/C64H50N2/c1-7-19-45-32-35-49(38-44(45)8-2)61-51(43(6)60(55-25-13-14-26-56(55)61)48-34-33-46-20-9-10-21-47(46)39-48)36-30-40(3)41(4)31-37-52-42(5)50-22-17-18-29-59(50)66-63-58-28-16-12-24-54(58)53-23-11-15-27-57(53)62(63)65-64(52)66/h7-38,47H,2-4,39H2,1,5-6H3/b19-7-,36-30-,37-31-. The van der Waals surface area contributed by atoms with E-state index in [1.807, 2.05) is 6.08 Å². The molecule has 1 atom stereocenters. The summed E-state index contributed by atoms with van der Waals surface area (Å²) in [4.78, 5) is 5.49. The molecule has 0 radical (unpaired) electrons. The second kappa shape index (κ2) is 16.5. The number of hydrogen-bond donors (Lipinski definition) is 0. The molecule has 0 spiro atoms. The minimum atomic E-state index is 0.363. The van der Waals surface area contributed by atoms with Crippen molar-refractivity contribution in [3.05, 3.63) is 245 Å². The molecular weight excluding hydrogens is 797 g/mol. The van der Waals surface area contributed by atoms with Gasteiger partial charge in [0.15, 0.2) is 0 Å². The topological polar surface area (TPSA) is 17.3 Å². The monoisotopic (exact) mass is 846 g/mol. The van der Waals surface area contributed by atoms with Gasteiger partial charge < -0.3 is 0 Å². The van der Waals surface area contributed by atoms with Gasteiger partial charge in [0.2, 0.25) is 0 Å². The van der Waals surface area contributed by atoms with E-state index in [-0.39, 0.29) is 0 Å². The summed E-state index contributed by atoms with van der Waals surface area (Å²) in [5.41, 5.74) is 19.1. The number of benzene rings is 7. The van der Waals surface area contributed by atoms with Crippen molar-refractivity contribution in [1.82, 2.24) is 9.38 Å². The van der Waals surface area contributed by atoms with Gasteiger partial charge in [-0.05, 0) is 128 Å². The zero-order chi connectivity index (χ0) is 45.1. The molecular formula is C64H50N2. The van der Waals surface area contributed by atoms with Gasteiger partial charge in [0.25, 0.3) is 0 Å². The molecule has 0 bridgehead atoms. The molecule has 66 heavy (non-hydrogen) atoms. The fourth-order valence-electron chi connectivity index (χ4n) is 10.6. The Bertz CT molecular complexity index is 3810. The van der Waals surface area contributed by atoms with Gasteiger partial charge in [-0.3, -0.25) is 4.40 Å².